The number of rotatable bonds is 11. The molecule has 7 heteroatoms. The number of benzene rings is 2. The van der Waals surface area contributed by atoms with Crippen molar-refractivity contribution in [3.8, 4) is 16.9 Å². The van der Waals surface area contributed by atoms with E-state index >= 15 is 4.39 Å². The minimum absolute atomic E-state index is 0.0217. The average molecular weight is 462 g/mol. The van der Waals surface area contributed by atoms with Gasteiger partial charge in [-0.15, -0.1) is 0 Å². The van der Waals surface area contributed by atoms with E-state index < -0.39 is 11.6 Å². The average Bonchev–Trinajstić information content (AvgIpc) is 2.79. The van der Waals surface area contributed by atoms with Crippen LogP contribution in [0.15, 0.2) is 30.6 Å². The number of unbranched alkanes of at least 4 members (excludes halogenated alkanes) is 4. The molecule has 3 aromatic rings. The van der Waals surface area contributed by atoms with Crippen LogP contribution in [0, 0.1) is 11.6 Å². The van der Waals surface area contributed by atoms with Gasteiger partial charge in [0.05, 0.1) is 17.2 Å². The molecule has 0 amide bonds. The molecule has 0 unspecified atom stereocenters. The van der Waals surface area contributed by atoms with Crippen molar-refractivity contribution in [1.82, 2.24) is 9.97 Å². The van der Waals surface area contributed by atoms with E-state index in [4.69, 9.17) is 16.3 Å². The molecule has 0 N–H and O–H groups in total. The third kappa shape index (κ3) is 5.12. The molecular weight excluding hydrogens is 432 g/mol. The zero-order chi connectivity index (χ0) is 23.1. The Balaban J connectivity index is 2.03. The van der Waals surface area contributed by atoms with Crippen LogP contribution in [-0.4, -0.2) is 29.7 Å². The number of aromatic nitrogens is 2. The summed E-state index contributed by atoms with van der Waals surface area (Å²) >= 11 is 6.53. The zero-order valence-electron chi connectivity index (χ0n) is 18.9. The minimum Gasteiger partial charge on any atom is -0.493 e. The lowest BCUT2D eigenvalue weighted by molar-refractivity contribution is 0.304. The van der Waals surface area contributed by atoms with Gasteiger partial charge in [-0.25, -0.2) is 18.7 Å². The Kier molecular flexibility index (Phi) is 8.62. The number of anilines is 1. The van der Waals surface area contributed by atoms with Crippen molar-refractivity contribution in [2.45, 2.75) is 52.9 Å². The fraction of sp³-hybridized carbons (Fsp3) is 0.440. The van der Waals surface area contributed by atoms with Crippen LogP contribution in [0.2, 0.25) is 5.02 Å². The van der Waals surface area contributed by atoms with Gasteiger partial charge in [0.15, 0.2) is 5.82 Å². The summed E-state index contributed by atoms with van der Waals surface area (Å²) in [5, 5.41) is 0.591. The van der Waals surface area contributed by atoms with Gasteiger partial charge in [0.2, 0.25) is 0 Å². The van der Waals surface area contributed by atoms with Gasteiger partial charge >= 0.3 is 0 Å². The molecule has 0 aliphatic heterocycles. The van der Waals surface area contributed by atoms with Crippen LogP contribution in [0.5, 0.6) is 5.75 Å². The van der Waals surface area contributed by atoms with E-state index in [-0.39, 0.29) is 27.4 Å². The van der Waals surface area contributed by atoms with Crippen molar-refractivity contribution >= 4 is 28.3 Å². The monoisotopic (exact) mass is 461 g/mol. The van der Waals surface area contributed by atoms with Crippen LogP contribution in [0.25, 0.3) is 22.0 Å². The fourth-order valence-corrected chi connectivity index (χ4v) is 4.16. The van der Waals surface area contributed by atoms with Crippen LogP contribution in [0.4, 0.5) is 14.6 Å². The standard InChI is InChI=1S/C25H30ClF2N3O/c1-4-7-8-9-10-14-32-20-13-11-12-19(27)22(20)21-18(26)15-17-24(23(21)28)29-16-30-25(17)31(5-2)6-3/h11-13,15-16H,4-10,14H2,1-3H3. The molecule has 3 rings (SSSR count). The molecule has 0 atom stereocenters. The molecule has 2 aromatic carbocycles. The first-order chi connectivity index (χ1) is 15.5. The highest BCUT2D eigenvalue weighted by atomic mass is 35.5. The van der Waals surface area contributed by atoms with Gasteiger partial charge in [0.1, 0.15) is 29.2 Å². The second kappa shape index (κ2) is 11.4. The Morgan fingerprint density at radius 2 is 1.72 bits per heavy atom. The third-order valence-electron chi connectivity index (χ3n) is 5.59. The molecule has 0 fully saturated rings. The molecule has 0 radical (unpaired) electrons. The summed E-state index contributed by atoms with van der Waals surface area (Å²) in [6.07, 6.45) is 6.69. The van der Waals surface area contributed by atoms with Crippen molar-refractivity contribution in [3.05, 3.63) is 47.2 Å². The maximum absolute atomic E-state index is 15.7. The van der Waals surface area contributed by atoms with Gasteiger partial charge in [-0.05, 0) is 38.5 Å². The largest absolute Gasteiger partial charge is 0.493 e. The van der Waals surface area contributed by atoms with E-state index in [1.165, 1.54) is 18.8 Å². The molecule has 0 spiro atoms. The van der Waals surface area contributed by atoms with Gasteiger partial charge in [0, 0.05) is 24.0 Å². The summed E-state index contributed by atoms with van der Waals surface area (Å²) in [7, 11) is 0. The molecule has 1 heterocycles. The highest BCUT2D eigenvalue weighted by Crippen LogP contribution is 2.42. The van der Waals surface area contributed by atoms with Gasteiger partial charge in [-0.3, -0.25) is 0 Å². The predicted octanol–water partition coefficient (Wildman–Crippen LogP) is 7.42. The SMILES string of the molecule is CCCCCCCOc1cccc(F)c1-c1c(Cl)cc2c(N(CC)CC)ncnc2c1F. The summed E-state index contributed by atoms with van der Waals surface area (Å²) in [6, 6.07) is 6.10. The lowest BCUT2D eigenvalue weighted by atomic mass is 10.0. The molecule has 0 saturated carbocycles. The molecular formula is C25H30ClF2N3O. The van der Waals surface area contributed by atoms with Crippen LogP contribution in [-0.2, 0) is 0 Å². The van der Waals surface area contributed by atoms with Crippen molar-refractivity contribution in [1.29, 1.82) is 0 Å². The van der Waals surface area contributed by atoms with Crippen LogP contribution in [0.1, 0.15) is 52.9 Å². The van der Waals surface area contributed by atoms with E-state index in [1.807, 2.05) is 18.7 Å². The van der Waals surface area contributed by atoms with Crippen molar-refractivity contribution in [3.63, 3.8) is 0 Å². The highest BCUT2D eigenvalue weighted by molar-refractivity contribution is 6.34. The van der Waals surface area contributed by atoms with Crippen molar-refractivity contribution < 1.29 is 13.5 Å². The number of fused-ring (bicyclic) bond motifs is 1. The number of hydrogen-bond donors (Lipinski definition) is 0. The Bertz CT molecular complexity index is 1060. The van der Waals surface area contributed by atoms with Crippen LogP contribution in [0.3, 0.4) is 0 Å². The number of hydrogen-bond acceptors (Lipinski definition) is 4. The number of nitrogens with zero attached hydrogens (tertiary/aromatic N) is 3. The topological polar surface area (TPSA) is 38.2 Å². The zero-order valence-corrected chi connectivity index (χ0v) is 19.7. The first-order valence-electron chi connectivity index (χ1n) is 11.3. The van der Waals surface area contributed by atoms with Gasteiger partial charge in [-0.2, -0.15) is 0 Å². The smallest absolute Gasteiger partial charge is 0.159 e. The van der Waals surface area contributed by atoms with Crippen molar-refractivity contribution in [2.24, 2.45) is 0 Å². The Morgan fingerprint density at radius 3 is 2.44 bits per heavy atom. The second-order valence-corrected chi connectivity index (χ2v) is 8.10. The van der Waals surface area contributed by atoms with E-state index in [0.717, 1.165) is 25.7 Å². The molecule has 32 heavy (non-hydrogen) atoms. The summed E-state index contributed by atoms with van der Waals surface area (Å²) < 4.78 is 36.5. The maximum atomic E-state index is 15.7. The third-order valence-corrected chi connectivity index (χ3v) is 5.89. The lowest BCUT2D eigenvalue weighted by Crippen LogP contribution is -2.23. The molecule has 0 aliphatic carbocycles. The first kappa shape index (κ1) is 24.2. The van der Waals surface area contributed by atoms with E-state index in [2.05, 4.69) is 16.9 Å². The molecule has 0 aliphatic rings. The first-order valence-corrected chi connectivity index (χ1v) is 11.7. The molecule has 0 saturated heterocycles. The Hall–Kier alpha value is -2.47. The molecule has 1 aromatic heterocycles. The predicted molar refractivity (Wildman–Crippen MR) is 128 cm³/mol. The van der Waals surface area contributed by atoms with E-state index in [0.29, 0.717) is 30.9 Å². The molecule has 4 nitrogen and oxygen atoms in total. The Labute approximate surface area is 193 Å². The quantitative estimate of drug-likeness (QED) is 0.278. The minimum atomic E-state index is -0.679. The van der Waals surface area contributed by atoms with E-state index in [1.54, 1.807) is 18.2 Å². The number of ether oxygens (including phenoxy) is 1. The van der Waals surface area contributed by atoms with E-state index in [9.17, 15) is 4.39 Å². The molecule has 172 valence electrons. The van der Waals surface area contributed by atoms with Gasteiger partial charge in [-0.1, -0.05) is 50.3 Å². The van der Waals surface area contributed by atoms with Crippen molar-refractivity contribution in [2.75, 3.05) is 24.6 Å². The van der Waals surface area contributed by atoms with Crippen LogP contribution < -0.4 is 9.64 Å². The Morgan fingerprint density at radius 1 is 0.969 bits per heavy atom. The number of halogens is 3. The van der Waals surface area contributed by atoms with Gasteiger partial charge < -0.3 is 9.64 Å². The summed E-state index contributed by atoms with van der Waals surface area (Å²) in [6.45, 7) is 7.98. The fourth-order valence-electron chi connectivity index (χ4n) is 3.88. The van der Waals surface area contributed by atoms with Crippen LogP contribution >= 0.6 is 11.6 Å². The maximum Gasteiger partial charge on any atom is 0.159 e. The van der Waals surface area contributed by atoms with Gasteiger partial charge in [0.25, 0.3) is 0 Å². The summed E-state index contributed by atoms with van der Waals surface area (Å²) in [5.74, 6) is -0.393. The summed E-state index contributed by atoms with van der Waals surface area (Å²) in [5.41, 5.74) is 0.0889. The lowest BCUT2D eigenvalue weighted by Gasteiger charge is -2.22. The summed E-state index contributed by atoms with van der Waals surface area (Å²) in [4.78, 5) is 10.5. The second-order valence-electron chi connectivity index (χ2n) is 7.69. The molecule has 0 bridgehead atoms. The normalized spacial score (nSPS) is 11.2. The highest BCUT2D eigenvalue weighted by Gasteiger charge is 2.24.